The predicted octanol–water partition coefficient (Wildman–Crippen LogP) is 4.20. The molecule has 1 saturated heterocycles. The number of nitrogens with one attached hydrogen (secondary N) is 1. The lowest BCUT2D eigenvalue weighted by Crippen LogP contribution is -2.47. The minimum Gasteiger partial charge on any atom is -0.350 e. The summed E-state index contributed by atoms with van der Waals surface area (Å²) in [6, 6.07) is 9.09. The Balaban J connectivity index is 1.28. The second kappa shape index (κ2) is 6.77. The highest BCUT2D eigenvalue weighted by atomic mass is 16.1. The standard InChI is InChI=1S/C24H32N2O/c1-17(27)25-23-8-9-24(22-5-3-2-4-21(22)23)10-12-26(13-11-24)16-20-15-18-6-7-19(20)14-18/h2-7,18-20,23H,8-16H2,1H3,(H,25,27)/t18-,19-,20+,23-/m0/s1. The molecule has 5 rings (SSSR count). The Bertz CT molecular complexity index is 747. The molecule has 0 aromatic heterocycles. The fourth-order valence-electron chi connectivity index (χ4n) is 6.51. The van der Waals surface area contributed by atoms with Gasteiger partial charge in [-0.3, -0.25) is 4.79 Å². The largest absolute Gasteiger partial charge is 0.350 e. The van der Waals surface area contributed by atoms with Gasteiger partial charge in [-0.15, -0.1) is 0 Å². The molecule has 2 fully saturated rings. The van der Waals surface area contributed by atoms with Crippen molar-refractivity contribution in [1.29, 1.82) is 0 Å². The van der Waals surface area contributed by atoms with Crippen LogP contribution in [0.15, 0.2) is 36.4 Å². The molecule has 2 bridgehead atoms. The number of allylic oxidation sites excluding steroid dienone is 2. The van der Waals surface area contributed by atoms with Crippen LogP contribution in [-0.2, 0) is 10.2 Å². The van der Waals surface area contributed by atoms with Crippen molar-refractivity contribution in [3.05, 3.63) is 47.5 Å². The molecule has 1 heterocycles. The van der Waals surface area contributed by atoms with Crippen LogP contribution in [0.1, 0.15) is 62.6 Å². The first-order valence-electron chi connectivity index (χ1n) is 10.9. The molecule has 4 aliphatic rings. The number of carbonyl (C=O) groups excluding carboxylic acids is 1. The van der Waals surface area contributed by atoms with Gasteiger partial charge in [0, 0.05) is 13.5 Å². The van der Waals surface area contributed by atoms with E-state index >= 15 is 0 Å². The van der Waals surface area contributed by atoms with Crippen LogP contribution >= 0.6 is 0 Å². The van der Waals surface area contributed by atoms with Crippen LogP contribution in [0.4, 0.5) is 0 Å². The lowest BCUT2D eigenvalue weighted by Gasteiger charge is -2.48. The maximum atomic E-state index is 11.6. The van der Waals surface area contributed by atoms with Crippen LogP contribution in [0.25, 0.3) is 0 Å². The quantitative estimate of drug-likeness (QED) is 0.815. The minimum absolute atomic E-state index is 0.0838. The summed E-state index contributed by atoms with van der Waals surface area (Å²) in [5, 5.41) is 3.18. The Hall–Kier alpha value is -1.61. The van der Waals surface area contributed by atoms with Crippen LogP contribution in [0.3, 0.4) is 0 Å². The molecule has 1 aliphatic heterocycles. The molecule has 0 radical (unpaired) electrons. The summed E-state index contributed by atoms with van der Waals surface area (Å²) in [5.74, 6) is 2.73. The highest BCUT2D eigenvalue weighted by Gasteiger charge is 2.43. The van der Waals surface area contributed by atoms with Crippen molar-refractivity contribution in [2.75, 3.05) is 19.6 Å². The number of amides is 1. The van der Waals surface area contributed by atoms with E-state index in [9.17, 15) is 4.79 Å². The van der Waals surface area contributed by atoms with Gasteiger partial charge in [-0.25, -0.2) is 0 Å². The molecule has 3 heteroatoms. The van der Waals surface area contributed by atoms with Crippen LogP contribution in [0, 0.1) is 17.8 Å². The van der Waals surface area contributed by atoms with Crippen LogP contribution in [0.5, 0.6) is 0 Å². The Labute approximate surface area is 163 Å². The van der Waals surface area contributed by atoms with Crippen molar-refractivity contribution in [3.8, 4) is 0 Å². The van der Waals surface area contributed by atoms with E-state index in [2.05, 4.69) is 46.6 Å². The number of hydrogen-bond acceptors (Lipinski definition) is 2. The topological polar surface area (TPSA) is 32.3 Å². The first-order chi connectivity index (χ1) is 13.1. The number of hydrogen-bond donors (Lipinski definition) is 1. The number of rotatable bonds is 3. The van der Waals surface area contributed by atoms with Crippen LogP contribution < -0.4 is 5.32 Å². The third-order valence-electron chi connectivity index (χ3n) is 7.92. The van der Waals surface area contributed by atoms with Crippen LogP contribution in [-0.4, -0.2) is 30.4 Å². The third-order valence-corrected chi connectivity index (χ3v) is 7.92. The Morgan fingerprint density at radius 3 is 2.67 bits per heavy atom. The fourth-order valence-corrected chi connectivity index (χ4v) is 6.51. The first-order valence-corrected chi connectivity index (χ1v) is 10.9. The van der Waals surface area contributed by atoms with E-state index in [1.807, 2.05) is 0 Å². The van der Waals surface area contributed by atoms with Gasteiger partial charge in [0.2, 0.25) is 5.91 Å². The minimum atomic E-state index is 0.0838. The van der Waals surface area contributed by atoms with Gasteiger partial charge in [-0.1, -0.05) is 36.4 Å². The van der Waals surface area contributed by atoms with Gasteiger partial charge in [0.25, 0.3) is 0 Å². The summed E-state index contributed by atoms with van der Waals surface area (Å²) < 4.78 is 0. The summed E-state index contributed by atoms with van der Waals surface area (Å²) in [4.78, 5) is 14.4. The molecule has 1 N–H and O–H groups in total. The SMILES string of the molecule is CC(=O)N[C@H]1CCC2(CCN(C[C@H]3C[C@H]4C=C[C@H]3C4)CC2)c2ccccc21. The fraction of sp³-hybridized carbons (Fsp3) is 0.625. The van der Waals surface area contributed by atoms with E-state index in [0.29, 0.717) is 5.41 Å². The summed E-state index contributed by atoms with van der Waals surface area (Å²) >= 11 is 0. The molecule has 3 aliphatic carbocycles. The van der Waals surface area contributed by atoms with Gasteiger partial charge in [-0.05, 0) is 85.9 Å². The van der Waals surface area contributed by atoms with Gasteiger partial charge >= 0.3 is 0 Å². The summed E-state index contributed by atoms with van der Waals surface area (Å²) in [7, 11) is 0. The third kappa shape index (κ3) is 3.14. The molecule has 144 valence electrons. The molecule has 1 spiro atoms. The van der Waals surface area contributed by atoms with Gasteiger partial charge in [0.05, 0.1) is 6.04 Å². The van der Waals surface area contributed by atoms with Crippen molar-refractivity contribution in [2.24, 2.45) is 17.8 Å². The summed E-state index contributed by atoms with van der Waals surface area (Å²) in [6.45, 7) is 5.40. The number of benzene rings is 1. The number of fused-ring (bicyclic) bond motifs is 4. The Morgan fingerprint density at radius 2 is 1.96 bits per heavy atom. The highest BCUT2D eigenvalue weighted by molar-refractivity contribution is 5.73. The van der Waals surface area contributed by atoms with Crippen LogP contribution in [0.2, 0.25) is 0 Å². The van der Waals surface area contributed by atoms with Gasteiger partial charge < -0.3 is 10.2 Å². The summed E-state index contributed by atoms with van der Waals surface area (Å²) in [5.41, 5.74) is 3.21. The molecule has 1 amide bonds. The Morgan fingerprint density at radius 1 is 1.15 bits per heavy atom. The second-order valence-electron chi connectivity index (χ2n) is 9.50. The van der Waals surface area contributed by atoms with E-state index in [1.165, 1.54) is 62.9 Å². The Kier molecular flexibility index (Phi) is 4.39. The molecular formula is C24H32N2O. The number of nitrogens with zero attached hydrogens (tertiary/aromatic N) is 1. The lowest BCUT2D eigenvalue weighted by molar-refractivity contribution is -0.119. The monoisotopic (exact) mass is 364 g/mol. The predicted molar refractivity (Wildman–Crippen MR) is 108 cm³/mol. The lowest BCUT2D eigenvalue weighted by atomic mass is 9.63. The van der Waals surface area contributed by atoms with E-state index in [0.717, 1.165) is 24.2 Å². The van der Waals surface area contributed by atoms with Gasteiger partial charge in [0.15, 0.2) is 0 Å². The van der Waals surface area contributed by atoms with Gasteiger partial charge in [0.1, 0.15) is 0 Å². The van der Waals surface area contributed by atoms with Crippen molar-refractivity contribution >= 4 is 5.91 Å². The molecule has 0 unspecified atom stereocenters. The summed E-state index contributed by atoms with van der Waals surface area (Å²) in [6.07, 6.45) is 12.6. The number of likely N-dealkylation sites (tertiary alicyclic amines) is 1. The van der Waals surface area contributed by atoms with Crippen molar-refractivity contribution < 1.29 is 4.79 Å². The van der Waals surface area contributed by atoms with Crippen molar-refractivity contribution in [1.82, 2.24) is 10.2 Å². The van der Waals surface area contributed by atoms with Gasteiger partial charge in [-0.2, -0.15) is 0 Å². The smallest absolute Gasteiger partial charge is 0.217 e. The van der Waals surface area contributed by atoms with Crippen molar-refractivity contribution in [3.63, 3.8) is 0 Å². The van der Waals surface area contributed by atoms with E-state index in [-0.39, 0.29) is 11.9 Å². The van der Waals surface area contributed by atoms with Crippen molar-refractivity contribution in [2.45, 2.75) is 56.9 Å². The zero-order valence-electron chi connectivity index (χ0n) is 16.5. The second-order valence-corrected chi connectivity index (χ2v) is 9.50. The van der Waals surface area contributed by atoms with E-state index in [4.69, 9.17) is 0 Å². The average Bonchev–Trinajstić information content (AvgIpc) is 3.29. The maximum absolute atomic E-state index is 11.6. The van der Waals surface area contributed by atoms with E-state index in [1.54, 1.807) is 6.92 Å². The molecule has 1 aromatic carbocycles. The normalized spacial score (nSPS) is 34.0. The highest BCUT2D eigenvalue weighted by Crippen LogP contribution is 2.49. The molecule has 27 heavy (non-hydrogen) atoms. The molecule has 3 nitrogen and oxygen atoms in total. The zero-order chi connectivity index (χ0) is 18.4. The average molecular weight is 365 g/mol. The number of carbonyl (C=O) groups is 1. The first kappa shape index (κ1) is 17.5. The maximum Gasteiger partial charge on any atom is 0.217 e. The zero-order valence-corrected chi connectivity index (χ0v) is 16.5. The number of piperidine rings is 1. The molecule has 1 saturated carbocycles. The van der Waals surface area contributed by atoms with E-state index < -0.39 is 0 Å². The molecular weight excluding hydrogens is 332 g/mol. The molecule has 4 atom stereocenters. The molecule has 1 aromatic rings.